The Hall–Kier alpha value is -3.54. The third-order valence-corrected chi connectivity index (χ3v) is 4.97. The predicted octanol–water partition coefficient (Wildman–Crippen LogP) is 3.46. The van der Waals surface area contributed by atoms with Crippen molar-refractivity contribution in [1.29, 1.82) is 0 Å². The number of benzene rings is 1. The molecule has 0 radical (unpaired) electrons. The summed E-state index contributed by atoms with van der Waals surface area (Å²) in [6, 6.07) is 15.8. The molecule has 1 aromatic carbocycles. The zero-order chi connectivity index (χ0) is 18.4. The van der Waals surface area contributed by atoms with Gasteiger partial charge in [0.15, 0.2) is 5.65 Å². The first-order valence-electron chi connectivity index (χ1n) is 8.90. The smallest absolute Gasteiger partial charge is 0.262 e. The quantitative estimate of drug-likeness (QED) is 0.596. The Morgan fingerprint density at radius 3 is 2.74 bits per heavy atom. The summed E-state index contributed by atoms with van der Waals surface area (Å²) in [5.41, 5.74) is 4.01. The van der Waals surface area contributed by atoms with Gasteiger partial charge in [0, 0.05) is 29.7 Å². The van der Waals surface area contributed by atoms with Crippen LogP contribution in [0.3, 0.4) is 0 Å². The van der Waals surface area contributed by atoms with E-state index < -0.39 is 0 Å². The van der Waals surface area contributed by atoms with Gasteiger partial charge in [-0.05, 0) is 43.2 Å². The molecule has 1 unspecified atom stereocenters. The molecule has 132 valence electrons. The van der Waals surface area contributed by atoms with E-state index in [1.165, 1.54) is 5.56 Å². The third-order valence-electron chi connectivity index (χ3n) is 4.97. The molecule has 4 aromatic rings. The van der Waals surface area contributed by atoms with E-state index in [1.807, 2.05) is 30.3 Å². The number of aromatic nitrogens is 4. The average molecular weight is 355 g/mol. The van der Waals surface area contributed by atoms with E-state index in [0.29, 0.717) is 17.0 Å². The maximum Gasteiger partial charge on any atom is 0.262 e. The lowest BCUT2D eigenvalue weighted by molar-refractivity contribution is 0.740. The first kappa shape index (κ1) is 15.7. The minimum Gasteiger partial charge on any atom is -0.309 e. The highest BCUT2D eigenvalue weighted by atomic mass is 16.1. The van der Waals surface area contributed by atoms with Crippen LogP contribution in [0.1, 0.15) is 12.5 Å². The summed E-state index contributed by atoms with van der Waals surface area (Å²) in [5.74, 6) is 0.524. The Kier molecular flexibility index (Phi) is 3.50. The number of anilines is 2. The summed E-state index contributed by atoms with van der Waals surface area (Å²) in [6.45, 7) is 2.13. The van der Waals surface area contributed by atoms with Gasteiger partial charge in [0.2, 0.25) is 5.95 Å². The van der Waals surface area contributed by atoms with Crippen LogP contribution in [-0.4, -0.2) is 26.0 Å². The van der Waals surface area contributed by atoms with E-state index in [1.54, 1.807) is 18.5 Å². The van der Waals surface area contributed by atoms with E-state index in [-0.39, 0.29) is 11.6 Å². The minimum atomic E-state index is -0.208. The van der Waals surface area contributed by atoms with Crippen LogP contribution in [0.4, 0.5) is 11.6 Å². The van der Waals surface area contributed by atoms with Crippen LogP contribution in [-0.2, 0) is 6.42 Å². The zero-order valence-electron chi connectivity index (χ0n) is 14.8. The fraction of sp³-hybridized carbons (Fsp3) is 0.143. The lowest BCUT2D eigenvalue weighted by Gasteiger charge is -2.23. The summed E-state index contributed by atoms with van der Waals surface area (Å²) in [4.78, 5) is 31.4. The maximum absolute atomic E-state index is 13.0. The molecule has 1 aliphatic rings. The van der Waals surface area contributed by atoms with Crippen molar-refractivity contribution in [2.45, 2.75) is 19.4 Å². The maximum atomic E-state index is 13.0. The van der Waals surface area contributed by atoms with Gasteiger partial charge in [-0.3, -0.25) is 14.8 Å². The second-order valence-corrected chi connectivity index (χ2v) is 6.71. The van der Waals surface area contributed by atoms with Gasteiger partial charge >= 0.3 is 0 Å². The van der Waals surface area contributed by atoms with Crippen molar-refractivity contribution in [2.75, 3.05) is 4.90 Å². The second kappa shape index (κ2) is 6.02. The molecule has 0 bridgehead atoms. The molecule has 1 aliphatic heterocycles. The van der Waals surface area contributed by atoms with E-state index in [0.717, 1.165) is 23.4 Å². The summed E-state index contributed by atoms with van der Waals surface area (Å²) in [5, 5.41) is 0.458. The molecule has 1 atom stereocenters. The fourth-order valence-corrected chi connectivity index (χ4v) is 3.79. The third kappa shape index (κ3) is 2.49. The van der Waals surface area contributed by atoms with Gasteiger partial charge in [-0.1, -0.05) is 24.3 Å². The summed E-state index contributed by atoms with van der Waals surface area (Å²) < 4.78 is 0. The van der Waals surface area contributed by atoms with Crippen LogP contribution in [0.2, 0.25) is 0 Å². The van der Waals surface area contributed by atoms with Crippen molar-refractivity contribution in [3.63, 3.8) is 0 Å². The molecule has 0 spiro atoms. The van der Waals surface area contributed by atoms with Crippen LogP contribution in [0.15, 0.2) is 65.7 Å². The van der Waals surface area contributed by atoms with Crippen molar-refractivity contribution < 1.29 is 0 Å². The molecular weight excluding hydrogens is 338 g/mol. The standard InChI is InChI=1S/C21H17N5O/c1-13-12-14-6-2-3-8-17(14)26(13)21-24-19-18(20(27)25-21)15(9-11-23-19)16-7-4-5-10-22-16/h2-11,13H,12H2,1H3,(H,23,24,25,27). The van der Waals surface area contributed by atoms with Gasteiger partial charge in [-0.15, -0.1) is 0 Å². The summed E-state index contributed by atoms with van der Waals surface area (Å²) in [7, 11) is 0. The molecule has 27 heavy (non-hydrogen) atoms. The van der Waals surface area contributed by atoms with Crippen LogP contribution in [0.5, 0.6) is 0 Å². The number of nitrogens with one attached hydrogen (secondary N) is 1. The number of fused-ring (bicyclic) bond motifs is 2. The molecular formula is C21H17N5O. The molecule has 0 aliphatic carbocycles. The van der Waals surface area contributed by atoms with Gasteiger partial charge < -0.3 is 4.90 Å². The summed E-state index contributed by atoms with van der Waals surface area (Å²) >= 11 is 0. The van der Waals surface area contributed by atoms with E-state index in [9.17, 15) is 4.79 Å². The lowest BCUT2D eigenvalue weighted by atomic mass is 10.1. The van der Waals surface area contributed by atoms with Crippen LogP contribution >= 0.6 is 0 Å². The molecule has 0 fully saturated rings. The Labute approximate surface area is 155 Å². The van der Waals surface area contributed by atoms with Gasteiger partial charge in [0.1, 0.15) is 0 Å². The highest BCUT2D eigenvalue weighted by Gasteiger charge is 2.29. The Balaban J connectivity index is 1.71. The molecule has 5 rings (SSSR count). The first-order chi connectivity index (χ1) is 13.2. The zero-order valence-corrected chi connectivity index (χ0v) is 14.8. The molecule has 4 heterocycles. The SMILES string of the molecule is CC1Cc2ccccc2N1c1nc2nccc(-c3ccccn3)c2c(=O)[nH]1. The van der Waals surface area contributed by atoms with Gasteiger partial charge in [0.25, 0.3) is 5.56 Å². The Bertz CT molecular complexity index is 1200. The lowest BCUT2D eigenvalue weighted by Crippen LogP contribution is -2.28. The number of aromatic amines is 1. The molecule has 0 saturated carbocycles. The molecule has 0 amide bonds. The van der Waals surface area contributed by atoms with E-state index in [4.69, 9.17) is 0 Å². The van der Waals surface area contributed by atoms with Gasteiger partial charge in [-0.2, -0.15) is 4.98 Å². The number of pyridine rings is 2. The summed E-state index contributed by atoms with van der Waals surface area (Å²) in [6.07, 6.45) is 4.30. The number of hydrogen-bond donors (Lipinski definition) is 1. The number of nitrogens with zero attached hydrogens (tertiary/aromatic N) is 4. The fourth-order valence-electron chi connectivity index (χ4n) is 3.79. The van der Waals surface area contributed by atoms with Gasteiger partial charge in [0.05, 0.1) is 11.1 Å². The van der Waals surface area contributed by atoms with Crippen LogP contribution in [0.25, 0.3) is 22.3 Å². The van der Waals surface area contributed by atoms with Crippen molar-refractivity contribution in [3.05, 3.63) is 76.8 Å². The Morgan fingerprint density at radius 2 is 1.89 bits per heavy atom. The average Bonchev–Trinajstić information content (AvgIpc) is 3.03. The first-order valence-corrected chi connectivity index (χ1v) is 8.90. The highest BCUT2D eigenvalue weighted by molar-refractivity contribution is 5.91. The monoisotopic (exact) mass is 355 g/mol. The van der Waals surface area contributed by atoms with E-state index in [2.05, 4.69) is 43.9 Å². The minimum absolute atomic E-state index is 0.208. The predicted molar refractivity (Wildman–Crippen MR) is 105 cm³/mol. The Morgan fingerprint density at radius 1 is 1.04 bits per heavy atom. The topological polar surface area (TPSA) is 74.8 Å². The number of hydrogen-bond acceptors (Lipinski definition) is 5. The number of rotatable bonds is 2. The highest BCUT2D eigenvalue weighted by Crippen LogP contribution is 2.36. The van der Waals surface area contributed by atoms with Gasteiger partial charge in [-0.25, -0.2) is 4.98 Å². The van der Waals surface area contributed by atoms with Crippen molar-refractivity contribution in [1.82, 2.24) is 19.9 Å². The van der Waals surface area contributed by atoms with Crippen molar-refractivity contribution in [3.8, 4) is 11.3 Å². The molecule has 0 saturated heterocycles. The van der Waals surface area contributed by atoms with Crippen molar-refractivity contribution >= 4 is 22.7 Å². The molecule has 6 heteroatoms. The second-order valence-electron chi connectivity index (χ2n) is 6.71. The van der Waals surface area contributed by atoms with Crippen LogP contribution < -0.4 is 10.5 Å². The molecule has 6 nitrogen and oxygen atoms in total. The van der Waals surface area contributed by atoms with Crippen LogP contribution in [0, 0.1) is 0 Å². The molecule has 1 N–H and O–H groups in total. The number of H-pyrrole nitrogens is 1. The molecule has 3 aromatic heterocycles. The van der Waals surface area contributed by atoms with Crippen molar-refractivity contribution in [2.24, 2.45) is 0 Å². The van der Waals surface area contributed by atoms with E-state index >= 15 is 0 Å². The number of para-hydroxylation sites is 1. The largest absolute Gasteiger partial charge is 0.309 e. The normalized spacial score (nSPS) is 15.9.